The van der Waals surface area contributed by atoms with Crippen LogP contribution in [0.3, 0.4) is 0 Å². The van der Waals surface area contributed by atoms with Crippen molar-refractivity contribution in [2.75, 3.05) is 5.73 Å². The largest absolute Gasteiger partial charge is 0.445 e. The van der Waals surface area contributed by atoms with Crippen LogP contribution in [0.5, 0.6) is 0 Å². The van der Waals surface area contributed by atoms with E-state index in [9.17, 15) is 13.2 Å². The maximum Gasteiger partial charge on any atom is 0.445 e. The Bertz CT molecular complexity index is 586. The Balaban J connectivity index is 2.50. The highest BCUT2D eigenvalue weighted by atomic mass is 32.1. The molecule has 0 aliphatic rings. The molecule has 0 unspecified atom stereocenters. The molecule has 2 heterocycles. The van der Waals surface area contributed by atoms with Crippen molar-refractivity contribution in [3.8, 4) is 5.13 Å². The summed E-state index contributed by atoms with van der Waals surface area (Å²) >= 11 is 0.453. The quantitative estimate of drug-likeness (QED) is 0.943. The Hall–Kier alpha value is -1.64. The SMILES string of the molecule is CCc1nn(-c2nnc(C(F)(F)F)s2)c(CC)c1N. The van der Waals surface area contributed by atoms with Gasteiger partial charge < -0.3 is 5.73 Å². The van der Waals surface area contributed by atoms with Crippen molar-refractivity contribution in [2.24, 2.45) is 0 Å². The van der Waals surface area contributed by atoms with Gasteiger partial charge in [-0.05, 0) is 12.8 Å². The van der Waals surface area contributed by atoms with E-state index in [4.69, 9.17) is 5.73 Å². The summed E-state index contributed by atoms with van der Waals surface area (Å²) in [7, 11) is 0. The second kappa shape index (κ2) is 4.80. The van der Waals surface area contributed by atoms with Crippen LogP contribution in [0.1, 0.15) is 30.2 Å². The molecule has 0 fully saturated rings. The summed E-state index contributed by atoms with van der Waals surface area (Å²) in [6, 6.07) is 0. The van der Waals surface area contributed by atoms with Gasteiger partial charge in [-0.25, -0.2) is 4.68 Å². The van der Waals surface area contributed by atoms with Gasteiger partial charge in [-0.2, -0.15) is 18.3 Å². The Morgan fingerprint density at radius 2 is 1.89 bits per heavy atom. The minimum absolute atomic E-state index is 0.0792. The van der Waals surface area contributed by atoms with Crippen LogP contribution in [0.25, 0.3) is 5.13 Å². The van der Waals surface area contributed by atoms with Gasteiger partial charge in [0.25, 0.3) is 0 Å². The first-order chi connectivity index (χ1) is 8.88. The number of hydrogen-bond donors (Lipinski definition) is 1. The van der Waals surface area contributed by atoms with Crippen molar-refractivity contribution in [1.82, 2.24) is 20.0 Å². The van der Waals surface area contributed by atoms with Gasteiger partial charge in [0.15, 0.2) is 0 Å². The standard InChI is InChI=1S/C10H12F3N5S/c1-3-5-7(14)6(4-2)18(17-5)9-16-15-8(19-9)10(11,12)13/h3-4,14H2,1-2H3. The van der Waals surface area contributed by atoms with E-state index in [1.807, 2.05) is 13.8 Å². The summed E-state index contributed by atoms with van der Waals surface area (Å²) in [5.41, 5.74) is 7.72. The summed E-state index contributed by atoms with van der Waals surface area (Å²) in [6.45, 7) is 3.73. The third-order valence-electron chi connectivity index (χ3n) is 2.61. The zero-order valence-electron chi connectivity index (χ0n) is 10.3. The van der Waals surface area contributed by atoms with Crippen molar-refractivity contribution in [3.05, 3.63) is 16.4 Å². The van der Waals surface area contributed by atoms with Crippen molar-refractivity contribution >= 4 is 17.0 Å². The van der Waals surface area contributed by atoms with Crippen LogP contribution in [0.4, 0.5) is 18.9 Å². The van der Waals surface area contributed by atoms with E-state index in [1.165, 1.54) is 4.68 Å². The molecule has 0 aliphatic heterocycles. The molecule has 19 heavy (non-hydrogen) atoms. The van der Waals surface area contributed by atoms with E-state index in [0.29, 0.717) is 41.3 Å². The van der Waals surface area contributed by atoms with Gasteiger partial charge in [0.05, 0.1) is 17.1 Å². The number of anilines is 1. The average molecular weight is 291 g/mol. The number of aryl methyl sites for hydroxylation is 1. The van der Waals surface area contributed by atoms with Crippen molar-refractivity contribution in [2.45, 2.75) is 32.9 Å². The van der Waals surface area contributed by atoms with E-state index in [0.717, 1.165) is 0 Å². The first-order valence-electron chi connectivity index (χ1n) is 5.65. The fourth-order valence-corrected chi connectivity index (χ4v) is 2.38. The predicted octanol–water partition coefficient (Wildman–Crippen LogP) is 2.45. The lowest BCUT2D eigenvalue weighted by atomic mass is 10.2. The zero-order valence-corrected chi connectivity index (χ0v) is 11.1. The van der Waals surface area contributed by atoms with Crippen LogP contribution in [0, 0.1) is 0 Å². The van der Waals surface area contributed by atoms with Crippen LogP contribution < -0.4 is 5.73 Å². The van der Waals surface area contributed by atoms with E-state index >= 15 is 0 Å². The van der Waals surface area contributed by atoms with Crippen LogP contribution in [-0.4, -0.2) is 20.0 Å². The number of rotatable bonds is 3. The van der Waals surface area contributed by atoms with E-state index in [-0.39, 0.29) is 5.13 Å². The molecule has 0 bridgehead atoms. The van der Waals surface area contributed by atoms with Crippen molar-refractivity contribution in [3.63, 3.8) is 0 Å². The Morgan fingerprint density at radius 3 is 2.37 bits per heavy atom. The van der Waals surface area contributed by atoms with Crippen LogP contribution >= 0.6 is 11.3 Å². The highest BCUT2D eigenvalue weighted by Crippen LogP contribution is 2.33. The number of nitrogen functional groups attached to an aromatic ring is 1. The van der Waals surface area contributed by atoms with Crippen LogP contribution in [0.15, 0.2) is 0 Å². The van der Waals surface area contributed by atoms with Crippen LogP contribution in [0.2, 0.25) is 0 Å². The summed E-state index contributed by atoms with van der Waals surface area (Å²) in [5.74, 6) is 0. The number of halogens is 3. The van der Waals surface area contributed by atoms with Gasteiger partial charge in [-0.1, -0.05) is 25.2 Å². The maximum atomic E-state index is 12.5. The molecular formula is C10H12F3N5S. The Kier molecular flexibility index (Phi) is 3.48. The molecule has 0 amide bonds. The zero-order chi connectivity index (χ0) is 14.2. The molecule has 0 aliphatic carbocycles. The summed E-state index contributed by atoms with van der Waals surface area (Å²) in [4.78, 5) is 0. The third kappa shape index (κ3) is 2.42. The first-order valence-corrected chi connectivity index (χ1v) is 6.47. The van der Waals surface area contributed by atoms with Gasteiger partial charge >= 0.3 is 6.18 Å². The van der Waals surface area contributed by atoms with Gasteiger partial charge in [0.1, 0.15) is 0 Å². The van der Waals surface area contributed by atoms with Crippen molar-refractivity contribution in [1.29, 1.82) is 0 Å². The minimum Gasteiger partial charge on any atom is -0.396 e. The number of alkyl halides is 3. The Labute approximate surface area is 111 Å². The predicted molar refractivity (Wildman–Crippen MR) is 65.2 cm³/mol. The molecule has 2 aromatic rings. The number of aromatic nitrogens is 4. The number of nitrogens with zero attached hydrogens (tertiary/aromatic N) is 4. The maximum absolute atomic E-state index is 12.5. The highest BCUT2D eigenvalue weighted by Gasteiger charge is 2.36. The lowest BCUT2D eigenvalue weighted by Gasteiger charge is -2.01. The van der Waals surface area contributed by atoms with Gasteiger partial charge in [-0.3, -0.25) is 0 Å². The molecule has 0 atom stereocenters. The average Bonchev–Trinajstić information content (AvgIpc) is 2.92. The molecule has 5 nitrogen and oxygen atoms in total. The first kappa shape index (κ1) is 13.8. The molecule has 104 valence electrons. The van der Waals surface area contributed by atoms with E-state index in [2.05, 4.69) is 15.3 Å². The number of nitrogens with two attached hydrogens (primary N) is 1. The second-order valence-electron chi connectivity index (χ2n) is 3.81. The second-order valence-corrected chi connectivity index (χ2v) is 4.77. The summed E-state index contributed by atoms with van der Waals surface area (Å²) in [5, 5.41) is 9.98. The smallest absolute Gasteiger partial charge is 0.396 e. The Morgan fingerprint density at radius 1 is 1.21 bits per heavy atom. The summed E-state index contributed by atoms with van der Waals surface area (Å²) < 4.78 is 38.9. The lowest BCUT2D eigenvalue weighted by molar-refractivity contribution is -0.138. The van der Waals surface area contributed by atoms with Crippen LogP contribution in [-0.2, 0) is 19.0 Å². The molecule has 0 saturated heterocycles. The highest BCUT2D eigenvalue weighted by molar-refractivity contribution is 7.13. The molecular weight excluding hydrogens is 279 g/mol. The molecule has 2 N–H and O–H groups in total. The molecule has 9 heteroatoms. The third-order valence-corrected chi connectivity index (χ3v) is 3.55. The molecule has 0 saturated carbocycles. The fourth-order valence-electron chi connectivity index (χ4n) is 1.69. The monoisotopic (exact) mass is 291 g/mol. The summed E-state index contributed by atoms with van der Waals surface area (Å²) in [6.07, 6.45) is -3.33. The normalized spacial score (nSPS) is 12.1. The minimum atomic E-state index is -4.49. The van der Waals surface area contributed by atoms with Crippen molar-refractivity contribution < 1.29 is 13.2 Å². The molecule has 0 spiro atoms. The molecule has 2 rings (SSSR count). The van der Waals surface area contributed by atoms with E-state index in [1.54, 1.807) is 0 Å². The van der Waals surface area contributed by atoms with Gasteiger partial charge in [0, 0.05) is 0 Å². The fraction of sp³-hybridized carbons (Fsp3) is 0.500. The van der Waals surface area contributed by atoms with Gasteiger partial charge in [-0.15, -0.1) is 10.2 Å². The molecule has 0 aromatic carbocycles. The molecule has 0 radical (unpaired) electrons. The lowest BCUT2D eigenvalue weighted by Crippen LogP contribution is -2.03. The van der Waals surface area contributed by atoms with E-state index < -0.39 is 11.2 Å². The molecule has 2 aromatic heterocycles. The number of hydrogen-bond acceptors (Lipinski definition) is 5. The topological polar surface area (TPSA) is 69.6 Å². The van der Waals surface area contributed by atoms with Gasteiger partial charge in [0.2, 0.25) is 10.1 Å².